The van der Waals surface area contributed by atoms with Gasteiger partial charge in [0, 0.05) is 28.0 Å². The molecule has 2 unspecified atom stereocenters. The molecule has 168 valence electrons. The average Bonchev–Trinajstić information content (AvgIpc) is 2.75. The highest BCUT2D eigenvalue weighted by Gasteiger charge is 2.38. The highest BCUT2D eigenvalue weighted by atomic mass is 79.9. The molecule has 0 saturated carbocycles. The van der Waals surface area contributed by atoms with E-state index in [2.05, 4.69) is 20.7 Å². The third-order valence-electron chi connectivity index (χ3n) is 5.12. The molecule has 0 radical (unpaired) electrons. The molecule has 0 saturated heterocycles. The van der Waals surface area contributed by atoms with Crippen molar-refractivity contribution in [3.63, 3.8) is 0 Å². The molecule has 3 aromatic rings. The summed E-state index contributed by atoms with van der Waals surface area (Å²) in [7, 11) is -4.07. The van der Waals surface area contributed by atoms with Crippen LogP contribution in [0.1, 0.15) is 18.1 Å². The standard InChI is InChI=1S/C22H20BrClN2O5S/c1-15(25-32(30,31)21-11-9-20(10-12-21)26(28)29)22(27,17-3-2-4-18(23)13-17)14-16-5-7-19(24)8-6-16/h2-13,15,25,27H,14H2,1H3. The van der Waals surface area contributed by atoms with Crippen LogP contribution < -0.4 is 4.72 Å². The molecule has 0 heterocycles. The Kier molecular flexibility index (Phi) is 7.36. The van der Waals surface area contributed by atoms with E-state index in [-0.39, 0.29) is 17.0 Å². The predicted octanol–water partition coefficient (Wildman–Crippen LogP) is 4.81. The van der Waals surface area contributed by atoms with Crippen molar-refractivity contribution in [1.29, 1.82) is 0 Å². The van der Waals surface area contributed by atoms with Crippen molar-refractivity contribution in [2.75, 3.05) is 0 Å². The molecule has 2 N–H and O–H groups in total. The summed E-state index contributed by atoms with van der Waals surface area (Å²) in [6, 6.07) is 17.5. The average molecular weight is 540 g/mol. The Labute approximate surface area is 199 Å². The van der Waals surface area contributed by atoms with Gasteiger partial charge in [-0.1, -0.05) is 51.8 Å². The Hall–Kier alpha value is -2.30. The number of aliphatic hydroxyl groups is 1. The topological polar surface area (TPSA) is 110 Å². The number of sulfonamides is 1. The van der Waals surface area contributed by atoms with Crippen LogP contribution in [-0.2, 0) is 22.0 Å². The number of non-ortho nitro benzene ring substituents is 1. The minimum atomic E-state index is -4.07. The Bertz CT molecular complexity index is 1220. The molecule has 10 heteroatoms. The molecule has 0 aliphatic heterocycles. The van der Waals surface area contributed by atoms with E-state index >= 15 is 0 Å². The summed E-state index contributed by atoms with van der Waals surface area (Å²) in [6.07, 6.45) is 0.116. The maximum absolute atomic E-state index is 12.9. The number of nitro benzene ring substituents is 1. The lowest BCUT2D eigenvalue weighted by molar-refractivity contribution is -0.384. The SMILES string of the molecule is CC(NS(=O)(=O)c1ccc([N+](=O)[O-])cc1)C(O)(Cc1ccc(Cl)cc1)c1cccc(Br)c1. The molecule has 2 atom stereocenters. The number of rotatable bonds is 8. The number of nitrogens with one attached hydrogen (secondary N) is 1. The van der Waals surface area contributed by atoms with Crippen LogP contribution in [0.3, 0.4) is 0 Å². The summed E-state index contributed by atoms with van der Waals surface area (Å²) < 4.78 is 29.1. The van der Waals surface area contributed by atoms with Crippen molar-refractivity contribution < 1.29 is 18.4 Å². The monoisotopic (exact) mass is 538 g/mol. The largest absolute Gasteiger partial charge is 0.383 e. The molecule has 3 aromatic carbocycles. The number of nitrogens with zero attached hydrogens (tertiary/aromatic N) is 1. The van der Waals surface area contributed by atoms with Crippen LogP contribution in [0.25, 0.3) is 0 Å². The van der Waals surface area contributed by atoms with E-state index in [4.69, 9.17) is 11.6 Å². The van der Waals surface area contributed by atoms with E-state index < -0.39 is 26.6 Å². The Morgan fingerprint density at radius 3 is 2.31 bits per heavy atom. The fraction of sp³-hybridized carbons (Fsp3) is 0.182. The van der Waals surface area contributed by atoms with Crippen LogP contribution in [0.15, 0.2) is 82.2 Å². The lowest BCUT2D eigenvalue weighted by Gasteiger charge is -2.35. The first kappa shape index (κ1) is 24.3. The van der Waals surface area contributed by atoms with Crippen LogP contribution in [0, 0.1) is 10.1 Å². The van der Waals surface area contributed by atoms with E-state index in [1.165, 1.54) is 0 Å². The Balaban J connectivity index is 1.96. The second-order valence-electron chi connectivity index (χ2n) is 7.33. The van der Waals surface area contributed by atoms with E-state index in [1.807, 2.05) is 0 Å². The molecule has 0 amide bonds. The van der Waals surface area contributed by atoms with E-state index in [1.54, 1.807) is 55.5 Å². The van der Waals surface area contributed by atoms with Gasteiger partial charge in [-0.2, -0.15) is 0 Å². The molecule has 32 heavy (non-hydrogen) atoms. The van der Waals surface area contributed by atoms with E-state index in [9.17, 15) is 23.6 Å². The van der Waals surface area contributed by atoms with Crippen molar-refractivity contribution in [1.82, 2.24) is 4.72 Å². The Morgan fingerprint density at radius 1 is 1.12 bits per heavy atom. The molecular formula is C22H20BrClN2O5S. The van der Waals surface area contributed by atoms with Gasteiger partial charge in [-0.15, -0.1) is 0 Å². The van der Waals surface area contributed by atoms with Crippen molar-refractivity contribution >= 4 is 43.2 Å². The zero-order chi connectivity index (χ0) is 23.5. The Morgan fingerprint density at radius 2 is 1.75 bits per heavy atom. The van der Waals surface area contributed by atoms with Gasteiger partial charge >= 0.3 is 0 Å². The van der Waals surface area contributed by atoms with Gasteiger partial charge < -0.3 is 5.11 Å². The lowest BCUT2D eigenvalue weighted by atomic mass is 9.82. The zero-order valence-electron chi connectivity index (χ0n) is 16.9. The van der Waals surface area contributed by atoms with Gasteiger partial charge in [0.05, 0.1) is 15.9 Å². The summed E-state index contributed by atoms with van der Waals surface area (Å²) in [5.41, 5.74) is -0.546. The van der Waals surface area contributed by atoms with Gasteiger partial charge in [0.2, 0.25) is 10.0 Å². The quantitative estimate of drug-likeness (QED) is 0.315. The van der Waals surface area contributed by atoms with E-state index in [0.717, 1.165) is 34.3 Å². The summed E-state index contributed by atoms with van der Waals surface area (Å²) in [5, 5.41) is 23.1. The molecule has 7 nitrogen and oxygen atoms in total. The van der Waals surface area contributed by atoms with Crippen molar-refractivity contribution in [3.05, 3.63) is 104 Å². The van der Waals surface area contributed by atoms with Gasteiger partial charge in [-0.25, -0.2) is 13.1 Å². The first-order valence-electron chi connectivity index (χ1n) is 9.51. The molecule has 0 spiro atoms. The summed E-state index contributed by atoms with van der Waals surface area (Å²) in [5.74, 6) is 0. The normalized spacial score (nSPS) is 14.5. The minimum Gasteiger partial charge on any atom is -0.383 e. The van der Waals surface area contributed by atoms with Crippen LogP contribution in [0.5, 0.6) is 0 Å². The fourth-order valence-corrected chi connectivity index (χ4v) is 5.14. The molecule has 0 fully saturated rings. The van der Waals surface area contributed by atoms with Crippen molar-refractivity contribution in [2.24, 2.45) is 0 Å². The second-order valence-corrected chi connectivity index (χ2v) is 10.4. The first-order chi connectivity index (χ1) is 15.0. The van der Waals surface area contributed by atoms with Gasteiger partial charge in [0.15, 0.2) is 0 Å². The van der Waals surface area contributed by atoms with Crippen molar-refractivity contribution in [2.45, 2.75) is 29.9 Å². The van der Waals surface area contributed by atoms with E-state index in [0.29, 0.717) is 10.6 Å². The van der Waals surface area contributed by atoms with Gasteiger partial charge in [0.1, 0.15) is 5.60 Å². The highest BCUT2D eigenvalue weighted by molar-refractivity contribution is 9.10. The summed E-state index contributed by atoms with van der Waals surface area (Å²) >= 11 is 9.36. The molecule has 0 bridgehead atoms. The molecular weight excluding hydrogens is 520 g/mol. The molecule has 0 aliphatic carbocycles. The highest BCUT2D eigenvalue weighted by Crippen LogP contribution is 2.32. The third kappa shape index (κ3) is 5.54. The predicted molar refractivity (Wildman–Crippen MR) is 126 cm³/mol. The van der Waals surface area contributed by atoms with Gasteiger partial charge in [0.25, 0.3) is 5.69 Å². The number of hydrogen-bond acceptors (Lipinski definition) is 5. The summed E-state index contributed by atoms with van der Waals surface area (Å²) in [6.45, 7) is 1.57. The molecule has 0 aliphatic rings. The number of halogens is 2. The lowest BCUT2D eigenvalue weighted by Crippen LogP contribution is -2.50. The smallest absolute Gasteiger partial charge is 0.269 e. The maximum atomic E-state index is 12.9. The minimum absolute atomic E-state index is 0.116. The number of benzene rings is 3. The van der Waals surface area contributed by atoms with Crippen LogP contribution in [0.2, 0.25) is 5.02 Å². The number of nitro groups is 1. The van der Waals surface area contributed by atoms with Gasteiger partial charge in [-0.05, 0) is 54.4 Å². The zero-order valence-corrected chi connectivity index (χ0v) is 20.1. The van der Waals surface area contributed by atoms with Crippen molar-refractivity contribution in [3.8, 4) is 0 Å². The van der Waals surface area contributed by atoms with Crippen LogP contribution in [-0.4, -0.2) is 24.5 Å². The molecule has 0 aromatic heterocycles. The first-order valence-corrected chi connectivity index (χ1v) is 12.2. The maximum Gasteiger partial charge on any atom is 0.269 e. The number of hydrogen-bond donors (Lipinski definition) is 2. The van der Waals surface area contributed by atoms with Crippen LogP contribution in [0.4, 0.5) is 5.69 Å². The third-order valence-corrected chi connectivity index (χ3v) is 7.42. The summed E-state index contributed by atoms with van der Waals surface area (Å²) in [4.78, 5) is 10.1. The second kappa shape index (κ2) is 9.68. The molecule has 3 rings (SSSR count). The van der Waals surface area contributed by atoms with Crippen LogP contribution >= 0.6 is 27.5 Å². The van der Waals surface area contributed by atoms with Gasteiger partial charge in [-0.3, -0.25) is 10.1 Å². The fourth-order valence-electron chi connectivity index (χ4n) is 3.32.